The lowest BCUT2D eigenvalue weighted by Gasteiger charge is -2.10. The number of hydrogen-bond acceptors (Lipinski definition) is 5. The molecular formula is C22H17ClF3N5O3. The van der Waals surface area contributed by atoms with Gasteiger partial charge in [0.1, 0.15) is 30.6 Å². The average molecular weight is 492 g/mol. The molecule has 0 aliphatic carbocycles. The van der Waals surface area contributed by atoms with E-state index in [4.69, 9.17) is 16.3 Å². The van der Waals surface area contributed by atoms with Crippen LogP contribution in [0.5, 0.6) is 5.75 Å². The van der Waals surface area contributed by atoms with E-state index in [2.05, 4.69) is 15.4 Å². The number of aromatic nitrogens is 4. The lowest BCUT2D eigenvalue weighted by atomic mass is 10.2. The van der Waals surface area contributed by atoms with Crippen molar-refractivity contribution in [3.05, 3.63) is 82.0 Å². The van der Waals surface area contributed by atoms with Crippen molar-refractivity contribution in [3.8, 4) is 11.4 Å². The third-order valence-electron chi connectivity index (χ3n) is 4.79. The Balaban J connectivity index is 1.42. The summed E-state index contributed by atoms with van der Waals surface area (Å²) in [5, 5.41) is 7.30. The molecule has 2 aromatic carbocycles. The number of carbonyl (C=O) groups excluding carboxylic acids is 1. The predicted octanol–water partition coefficient (Wildman–Crippen LogP) is 3.45. The maximum absolute atomic E-state index is 13.0. The zero-order valence-corrected chi connectivity index (χ0v) is 18.2. The number of benzene rings is 2. The molecule has 0 saturated heterocycles. The topological polar surface area (TPSA) is 91.0 Å². The van der Waals surface area contributed by atoms with Crippen LogP contribution in [0.2, 0.25) is 5.02 Å². The molecule has 2 aromatic heterocycles. The van der Waals surface area contributed by atoms with Crippen LogP contribution >= 0.6 is 11.6 Å². The van der Waals surface area contributed by atoms with Crippen LogP contribution in [0.4, 0.5) is 13.2 Å². The number of rotatable bonds is 7. The number of alkyl halides is 3. The fourth-order valence-corrected chi connectivity index (χ4v) is 3.29. The number of hydrogen-bond donors (Lipinski definition) is 1. The van der Waals surface area contributed by atoms with Crippen molar-refractivity contribution < 1.29 is 22.7 Å². The average Bonchev–Trinajstić information content (AvgIpc) is 3.24. The minimum atomic E-state index is -4.52. The molecule has 1 N–H and O–H groups in total. The first-order chi connectivity index (χ1) is 16.2. The van der Waals surface area contributed by atoms with Crippen molar-refractivity contribution in [2.24, 2.45) is 0 Å². The van der Waals surface area contributed by atoms with Crippen LogP contribution in [-0.4, -0.2) is 38.4 Å². The van der Waals surface area contributed by atoms with Crippen molar-refractivity contribution in [1.82, 2.24) is 24.6 Å². The van der Waals surface area contributed by atoms with Gasteiger partial charge < -0.3 is 10.1 Å². The molecule has 0 aliphatic rings. The summed E-state index contributed by atoms with van der Waals surface area (Å²) < 4.78 is 46.8. The SMILES string of the molecule is O=C(Cn1cnc2c(cnn2-c2cccc(C(F)(F)F)c2)c1=O)NCCOc1ccc(Cl)cc1. The van der Waals surface area contributed by atoms with E-state index in [-0.39, 0.29) is 36.4 Å². The van der Waals surface area contributed by atoms with Crippen LogP contribution in [0.15, 0.2) is 65.8 Å². The highest BCUT2D eigenvalue weighted by molar-refractivity contribution is 6.30. The Morgan fingerprint density at radius 1 is 1.15 bits per heavy atom. The minimum absolute atomic E-state index is 0.0683. The number of fused-ring (bicyclic) bond motifs is 1. The van der Waals surface area contributed by atoms with Gasteiger partial charge in [0.15, 0.2) is 5.65 Å². The van der Waals surface area contributed by atoms with Gasteiger partial charge in [-0.15, -0.1) is 0 Å². The van der Waals surface area contributed by atoms with Gasteiger partial charge in [-0.25, -0.2) is 9.67 Å². The quantitative estimate of drug-likeness (QED) is 0.400. The highest BCUT2D eigenvalue weighted by atomic mass is 35.5. The zero-order chi connectivity index (χ0) is 24.3. The van der Waals surface area contributed by atoms with Gasteiger partial charge in [-0.05, 0) is 42.5 Å². The Bertz CT molecular complexity index is 1380. The summed E-state index contributed by atoms with van der Waals surface area (Å²) in [7, 11) is 0. The van der Waals surface area contributed by atoms with Crippen LogP contribution in [-0.2, 0) is 17.5 Å². The van der Waals surface area contributed by atoms with E-state index in [1.807, 2.05) is 0 Å². The number of ether oxygens (including phenoxy) is 1. The molecule has 8 nitrogen and oxygen atoms in total. The summed E-state index contributed by atoms with van der Waals surface area (Å²) in [6, 6.07) is 11.3. The third-order valence-corrected chi connectivity index (χ3v) is 5.05. The first-order valence-corrected chi connectivity index (χ1v) is 10.4. The summed E-state index contributed by atoms with van der Waals surface area (Å²) in [5.74, 6) is 0.163. The number of carbonyl (C=O) groups is 1. The summed E-state index contributed by atoms with van der Waals surface area (Å²) in [5.41, 5.74) is -1.21. The van der Waals surface area contributed by atoms with Crippen LogP contribution < -0.4 is 15.6 Å². The lowest BCUT2D eigenvalue weighted by molar-refractivity contribution is -0.137. The molecule has 1 amide bonds. The largest absolute Gasteiger partial charge is 0.492 e. The zero-order valence-electron chi connectivity index (χ0n) is 17.4. The van der Waals surface area contributed by atoms with Crippen molar-refractivity contribution in [1.29, 1.82) is 0 Å². The number of amides is 1. The van der Waals surface area contributed by atoms with Gasteiger partial charge >= 0.3 is 6.18 Å². The van der Waals surface area contributed by atoms with Crippen LogP contribution in [0.25, 0.3) is 16.7 Å². The molecule has 0 bridgehead atoms. The van der Waals surface area contributed by atoms with Gasteiger partial charge in [-0.2, -0.15) is 18.3 Å². The third kappa shape index (κ3) is 5.20. The molecule has 4 rings (SSSR count). The monoisotopic (exact) mass is 491 g/mol. The predicted molar refractivity (Wildman–Crippen MR) is 118 cm³/mol. The second-order valence-corrected chi connectivity index (χ2v) is 7.61. The fourth-order valence-electron chi connectivity index (χ4n) is 3.16. The summed E-state index contributed by atoms with van der Waals surface area (Å²) in [6.45, 7) is 0.125. The first-order valence-electron chi connectivity index (χ1n) is 9.98. The molecule has 176 valence electrons. The van der Waals surface area contributed by atoms with Crippen LogP contribution in [0, 0.1) is 0 Å². The first kappa shape index (κ1) is 23.3. The maximum Gasteiger partial charge on any atom is 0.416 e. The Morgan fingerprint density at radius 2 is 1.91 bits per heavy atom. The van der Waals surface area contributed by atoms with E-state index in [0.717, 1.165) is 27.7 Å². The van der Waals surface area contributed by atoms with Gasteiger partial charge in [0, 0.05) is 5.02 Å². The van der Waals surface area contributed by atoms with E-state index < -0.39 is 23.2 Å². The standard InChI is InChI=1S/C22H17ClF3N5O3/c23-15-4-6-17(7-5-15)34-9-8-27-19(32)12-30-13-28-20-18(21(30)33)11-29-31(20)16-3-1-2-14(10-16)22(24,25)26/h1-7,10-11,13H,8-9,12H2,(H,27,32). The molecule has 0 unspecified atom stereocenters. The Labute approximate surface area is 195 Å². The summed E-state index contributed by atoms with van der Waals surface area (Å²) >= 11 is 5.80. The summed E-state index contributed by atoms with van der Waals surface area (Å²) in [4.78, 5) is 29.1. The number of nitrogens with one attached hydrogen (secondary N) is 1. The highest BCUT2D eigenvalue weighted by Crippen LogP contribution is 2.30. The number of nitrogens with zero attached hydrogens (tertiary/aromatic N) is 4. The smallest absolute Gasteiger partial charge is 0.416 e. The van der Waals surface area contributed by atoms with E-state index >= 15 is 0 Å². The van der Waals surface area contributed by atoms with Crippen molar-refractivity contribution in [3.63, 3.8) is 0 Å². The summed E-state index contributed by atoms with van der Waals surface area (Å²) in [6.07, 6.45) is -2.16. The van der Waals surface area contributed by atoms with Crippen LogP contribution in [0.3, 0.4) is 0 Å². The second-order valence-electron chi connectivity index (χ2n) is 7.17. The van der Waals surface area contributed by atoms with E-state index in [9.17, 15) is 22.8 Å². The molecular weight excluding hydrogens is 475 g/mol. The molecule has 2 heterocycles. The molecule has 0 atom stereocenters. The molecule has 0 spiro atoms. The lowest BCUT2D eigenvalue weighted by Crippen LogP contribution is -2.34. The molecule has 34 heavy (non-hydrogen) atoms. The minimum Gasteiger partial charge on any atom is -0.492 e. The van der Waals surface area contributed by atoms with Crippen molar-refractivity contribution in [2.75, 3.05) is 13.2 Å². The maximum atomic E-state index is 13.0. The van der Waals surface area contributed by atoms with Gasteiger partial charge in [0.2, 0.25) is 5.91 Å². The molecule has 12 heteroatoms. The second kappa shape index (κ2) is 9.56. The van der Waals surface area contributed by atoms with Gasteiger partial charge in [0.05, 0.1) is 24.0 Å². The number of halogens is 4. The highest BCUT2D eigenvalue weighted by Gasteiger charge is 2.30. The van der Waals surface area contributed by atoms with Gasteiger partial charge in [-0.3, -0.25) is 14.2 Å². The van der Waals surface area contributed by atoms with E-state index in [0.29, 0.717) is 10.8 Å². The van der Waals surface area contributed by atoms with E-state index in [1.165, 1.54) is 18.3 Å². The van der Waals surface area contributed by atoms with E-state index in [1.54, 1.807) is 24.3 Å². The molecule has 0 saturated carbocycles. The fraction of sp³-hybridized carbons (Fsp3) is 0.182. The normalized spacial score (nSPS) is 11.5. The van der Waals surface area contributed by atoms with Crippen molar-refractivity contribution >= 4 is 28.5 Å². The molecule has 4 aromatic rings. The molecule has 0 fully saturated rings. The Morgan fingerprint density at radius 3 is 2.65 bits per heavy atom. The Hall–Kier alpha value is -3.86. The molecule has 0 aliphatic heterocycles. The molecule has 0 radical (unpaired) electrons. The Kier molecular flexibility index (Phi) is 6.55. The van der Waals surface area contributed by atoms with Crippen LogP contribution in [0.1, 0.15) is 5.56 Å². The van der Waals surface area contributed by atoms with Gasteiger partial charge in [-0.1, -0.05) is 17.7 Å². The van der Waals surface area contributed by atoms with Gasteiger partial charge in [0.25, 0.3) is 5.56 Å². The van der Waals surface area contributed by atoms with Crippen molar-refractivity contribution in [2.45, 2.75) is 12.7 Å².